The van der Waals surface area contributed by atoms with E-state index in [0.29, 0.717) is 27.6 Å². The second-order valence-electron chi connectivity index (χ2n) is 7.42. The van der Waals surface area contributed by atoms with Gasteiger partial charge >= 0.3 is 5.97 Å². The summed E-state index contributed by atoms with van der Waals surface area (Å²) in [5, 5.41) is 3.54. The Labute approximate surface area is 197 Å². The first kappa shape index (κ1) is 24.0. The number of ketones is 2. The lowest BCUT2D eigenvalue weighted by Crippen LogP contribution is -2.34. The van der Waals surface area contributed by atoms with Gasteiger partial charge in [-0.3, -0.25) is 9.59 Å². The molecule has 3 aromatic rings. The molecular formula is C26H24ClNO5. The molecule has 7 heteroatoms. The lowest BCUT2D eigenvalue weighted by molar-refractivity contribution is -0.143. The van der Waals surface area contributed by atoms with Crippen molar-refractivity contribution in [1.82, 2.24) is 0 Å². The zero-order chi connectivity index (χ0) is 23.8. The molecule has 0 saturated heterocycles. The molecule has 0 spiro atoms. The highest BCUT2D eigenvalue weighted by Crippen LogP contribution is 2.22. The van der Waals surface area contributed by atoms with E-state index in [9.17, 15) is 14.4 Å². The van der Waals surface area contributed by atoms with Gasteiger partial charge < -0.3 is 14.8 Å². The van der Waals surface area contributed by atoms with E-state index in [4.69, 9.17) is 21.1 Å². The Kier molecular flexibility index (Phi) is 8.22. The second kappa shape index (κ2) is 11.3. The molecule has 170 valence electrons. The van der Waals surface area contributed by atoms with E-state index in [1.807, 2.05) is 6.92 Å². The largest absolute Gasteiger partial charge is 0.497 e. The van der Waals surface area contributed by atoms with Crippen LogP contribution in [0.4, 0.5) is 5.69 Å². The third-order valence-corrected chi connectivity index (χ3v) is 5.43. The number of rotatable bonds is 10. The average Bonchev–Trinajstić information content (AvgIpc) is 2.84. The first-order chi connectivity index (χ1) is 15.9. The molecule has 1 N–H and O–H groups in total. The molecule has 3 aromatic carbocycles. The van der Waals surface area contributed by atoms with Crippen LogP contribution in [-0.2, 0) is 9.53 Å². The third kappa shape index (κ3) is 6.67. The van der Waals surface area contributed by atoms with Crippen molar-refractivity contribution in [2.45, 2.75) is 19.4 Å². The van der Waals surface area contributed by atoms with Crippen LogP contribution in [0, 0.1) is 6.92 Å². The lowest BCUT2D eigenvalue weighted by atomic mass is 10.0. The quantitative estimate of drug-likeness (QED) is 0.330. The molecule has 3 rings (SSSR count). The van der Waals surface area contributed by atoms with Crippen LogP contribution >= 0.6 is 11.6 Å². The van der Waals surface area contributed by atoms with Gasteiger partial charge in [0.1, 0.15) is 11.8 Å². The van der Waals surface area contributed by atoms with Crippen LogP contribution < -0.4 is 10.1 Å². The lowest BCUT2D eigenvalue weighted by Gasteiger charge is -2.19. The Morgan fingerprint density at radius 3 is 2.33 bits per heavy atom. The van der Waals surface area contributed by atoms with Gasteiger partial charge in [-0.25, -0.2) is 4.79 Å². The van der Waals surface area contributed by atoms with Crippen molar-refractivity contribution >= 4 is 34.8 Å². The normalized spacial score (nSPS) is 11.4. The molecule has 0 fully saturated rings. The minimum absolute atomic E-state index is 0.151. The number of Topliss-reactive ketones (excluding diaryl/α,β-unsaturated/α-hetero) is 2. The Morgan fingerprint density at radius 2 is 1.64 bits per heavy atom. The first-order valence-electron chi connectivity index (χ1n) is 10.3. The number of carbonyl (C=O) groups excluding carboxylic acids is 3. The van der Waals surface area contributed by atoms with Crippen LogP contribution in [0.3, 0.4) is 0 Å². The summed E-state index contributed by atoms with van der Waals surface area (Å²) < 4.78 is 10.4. The minimum atomic E-state index is -1.01. The molecule has 33 heavy (non-hydrogen) atoms. The number of halogens is 1. The van der Waals surface area contributed by atoms with Crippen molar-refractivity contribution in [3.63, 3.8) is 0 Å². The van der Waals surface area contributed by atoms with Crippen LogP contribution in [0.25, 0.3) is 0 Å². The van der Waals surface area contributed by atoms with E-state index >= 15 is 0 Å². The standard InChI is InChI=1S/C26H24ClNO5/c1-17-11-12-20(14-22(17)27)28-23(15-24(29)18-7-4-3-5-8-18)26(31)33-16-25(30)19-9-6-10-21(13-19)32-2/h3-14,23,28H,15-16H2,1-2H3/t23-/m0/s1. The summed E-state index contributed by atoms with van der Waals surface area (Å²) in [5.41, 5.74) is 2.28. The van der Waals surface area contributed by atoms with Gasteiger partial charge in [0.2, 0.25) is 0 Å². The predicted molar refractivity (Wildman–Crippen MR) is 127 cm³/mol. The van der Waals surface area contributed by atoms with Crippen molar-refractivity contribution in [3.8, 4) is 5.75 Å². The maximum Gasteiger partial charge on any atom is 0.329 e. The highest BCUT2D eigenvalue weighted by molar-refractivity contribution is 6.31. The predicted octanol–water partition coefficient (Wildman–Crippen LogP) is 5.14. The molecule has 0 amide bonds. The van der Waals surface area contributed by atoms with E-state index < -0.39 is 18.6 Å². The highest BCUT2D eigenvalue weighted by atomic mass is 35.5. The van der Waals surface area contributed by atoms with Crippen LogP contribution in [0.2, 0.25) is 5.02 Å². The summed E-state index contributed by atoms with van der Waals surface area (Å²) in [4.78, 5) is 38.1. The Bertz CT molecular complexity index is 1150. The second-order valence-corrected chi connectivity index (χ2v) is 7.82. The van der Waals surface area contributed by atoms with Crippen LogP contribution in [0.5, 0.6) is 5.75 Å². The molecule has 0 saturated carbocycles. The van der Waals surface area contributed by atoms with Crippen molar-refractivity contribution < 1.29 is 23.9 Å². The molecule has 6 nitrogen and oxygen atoms in total. The minimum Gasteiger partial charge on any atom is -0.497 e. The smallest absolute Gasteiger partial charge is 0.329 e. The van der Waals surface area contributed by atoms with Gasteiger partial charge in [0, 0.05) is 28.3 Å². The first-order valence-corrected chi connectivity index (χ1v) is 10.7. The molecule has 0 aliphatic carbocycles. The van der Waals surface area contributed by atoms with Gasteiger partial charge in [-0.1, -0.05) is 60.1 Å². The molecule has 0 aliphatic heterocycles. The number of aryl methyl sites for hydroxylation is 1. The van der Waals surface area contributed by atoms with Crippen molar-refractivity contribution in [2.75, 3.05) is 19.0 Å². The fraction of sp³-hybridized carbons (Fsp3) is 0.192. The summed E-state index contributed by atoms with van der Waals surface area (Å²) >= 11 is 6.20. The molecule has 1 atom stereocenters. The van der Waals surface area contributed by atoms with Gasteiger partial charge in [-0.2, -0.15) is 0 Å². The number of ether oxygens (including phenoxy) is 2. The van der Waals surface area contributed by atoms with Gasteiger partial charge in [-0.05, 0) is 36.8 Å². The number of carbonyl (C=O) groups is 3. The summed E-state index contributed by atoms with van der Waals surface area (Å²) in [7, 11) is 1.50. The monoisotopic (exact) mass is 465 g/mol. The number of methoxy groups -OCH3 is 1. The summed E-state index contributed by atoms with van der Waals surface area (Å²) in [6, 6.07) is 19.5. The fourth-order valence-corrected chi connectivity index (χ4v) is 3.30. The SMILES string of the molecule is COc1cccc(C(=O)COC(=O)[C@H](CC(=O)c2ccccc2)Nc2ccc(C)c(Cl)c2)c1. The summed E-state index contributed by atoms with van der Waals surface area (Å²) in [6.45, 7) is 1.40. The maximum atomic E-state index is 12.9. The van der Waals surface area contributed by atoms with Crippen molar-refractivity contribution in [3.05, 3.63) is 94.5 Å². The summed E-state index contributed by atoms with van der Waals surface area (Å²) in [6.07, 6.45) is -0.151. The van der Waals surface area contributed by atoms with Gasteiger partial charge in [0.25, 0.3) is 0 Å². The number of anilines is 1. The number of benzene rings is 3. The molecule has 0 heterocycles. The average molecular weight is 466 g/mol. The van der Waals surface area contributed by atoms with Crippen LogP contribution in [0.15, 0.2) is 72.8 Å². The molecule has 0 unspecified atom stereocenters. The van der Waals surface area contributed by atoms with Crippen molar-refractivity contribution in [2.24, 2.45) is 0 Å². The molecule has 0 aromatic heterocycles. The molecular weight excluding hydrogens is 442 g/mol. The fourth-order valence-electron chi connectivity index (χ4n) is 3.12. The van der Waals surface area contributed by atoms with Crippen molar-refractivity contribution in [1.29, 1.82) is 0 Å². The topological polar surface area (TPSA) is 81.7 Å². The Morgan fingerprint density at radius 1 is 0.909 bits per heavy atom. The van der Waals surface area contributed by atoms with E-state index in [1.54, 1.807) is 72.8 Å². The molecule has 0 bridgehead atoms. The number of nitrogens with one attached hydrogen (secondary N) is 1. The highest BCUT2D eigenvalue weighted by Gasteiger charge is 2.25. The van der Waals surface area contributed by atoms with Crippen LogP contribution in [-0.4, -0.2) is 37.3 Å². The summed E-state index contributed by atoms with van der Waals surface area (Å²) in [5.74, 6) is -0.806. The van der Waals surface area contributed by atoms with Gasteiger partial charge in [0.15, 0.2) is 18.2 Å². The number of hydrogen-bond acceptors (Lipinski definition) is 6. The Hall–Kier alpha value is -3.64. The number of hydrogen-bond donors (Lipinski definition) is 1. The van der Waals surface area contributed by atoms with E-state index in [1.165, 1.54) is 7.11 Å². The van der Waals surface area contributed by atoms with Gasteiger partial charge in [0.05, 0.1) is 7.11 Å². The third-order valence-electron chi connectivity index (χ3n) is 5.02. The van der Waals surface area contributed by atoms with Crippen LogP contribution in [0.1, 0.15) is 32.7 Å². The zero-order valence-corrected chi connectivity index (χ0v) is 19.1. The van der Waals surface area contributed by atoms with E-state index in [0.717, 1.165) is 5.56 Å². The maximum absolute atomic E-state index is 12.9. The zero-order valence-electron chi connectivity index (χ0n) is 18.3. The Balaban J connectivity index is 1.73. The number of esters is 1. The molecule has 0 radical (unpaired) electrons. The van der Waals surface area contributed by atoms with E-state index in [2.05, 4.69) is 5.32 Å². The van der Waals surface area contributed by atoms with Gasteiger partial charge in [-0.15, -0.1) is 0 Å². The molecule has 0 aliphatic rings. The van der Waals surface area contributed by atoms with E-state index in [-0.39, 0.29) is 18.0 Å².